The van der Waals surface area contributed by atoms with Gasteiger partial charge in [-0.25, -0.2) is 9.97 Å². The second-order valence-corrected chi connectivity index (χ2v) is 6.90. The van der Waals surface area contributed by atoms with Gasteiger partial charge in [-0.15, -0.1) is 0 Å². The first-order valence-corrected chi connectivity index (χ1v) is 9.14. The number of hydrogen-bond donors (Lipinski definition) is 1. The van der Waals surface area contributed by atoms with Crippen LogP contribution < -0.4 is 5.32 Å². The molecule has 1 aliphatic rings. The van der Waals surface area contributed by atoms with E-state index in [1.54, 1.807) is 12.3 Å². The molecule has 0 saturated carbocycles. The minimum atomic E-state index is -0.0588. The Hall–Kier alpha value is -3.21. The molecule has 0 aliphatic carbocycles. The van der Waals surface area contributed by atoms with Gasteiger partial charge in [0.2, 0.25) is 5.95 Å². The van der Waals surface area contributed by atoms with E-state index < -0.39 is 0 Å². The maximum absolute atomic E-state index is 13.0. The van der Waals surface area contributed by atoms with Gasteiger partial charge in [-0.3, -0.25) is 4.79 Å². The highest BCUT2D eigenvalue weighted by Gasteiger charge is 2.22. The summed E-state index contributed by atoms with van der Waals surface area (Å²) in [4.78, 5) is 23.6. The Morgan fingerprint density at radius 2 is 1.74 bits per heavy atom. The number of para-hydroxylation sites is 1. The molecule has 5 nitrogen and oxygen atoms in total. The average molecular weight is 358 g/mol. The van der Waals surface area contributed by atoms with Crippen molar-refractivity contribution in [3.63, 3.8) is 0 Å². The summed E-state index contributed by atoms with van der Waals surface area (Å²) in [6.07, 6.45) is 2.51. The van der Waals surface area contributed by atoms with Crippen LogP contribution in [0.5, 0.6) is 0 Å². The van der Waals surface area contributed by atoms with E-state index in [9.17, 15) is 4.79 Å². The third-order valence-corrected chi connectivity index (χ3v) is 5.01. The molecule has 0 atom stereocenters. The number of nitrogens with zero attached hydrogens (tertiary/aromatic N) is 3. The second kappa shape index (κ2) is 7.19. The van der Waals surface area contributed by atoms with E-state index in [0.717, 1.165) is 23.2 Å². The van der Waals surface area contributed by atoms with Gasteiger partial charge in [-0.05, 0) is 48.6 Å². The molecule has 1 amide bonds. The van der Waals surface area contributed by atoms with Crippen LogP contribution in [0.3, 0.4) is 0 Å². The fourth-order valence-electron chi connectivity index (χ4n) is 3.49. The van der Waals surface area contributed by atoms with E-state index >= 15 is 0 Å². The standard InChI is InChI=1S/C22H22N4O/c1-15-6-5-7-16(2)20(15)25-22-23-12-10-19(24-22)21(27)26-13-11-17-8-3-4-9-18(17)14-26/h3-10,12H,11,13-14H2,1-2H3,(H,23,24,25). The zero-order valence-electron chi connectivity index (χ0n) is 15.6. The highest BCUT2D eigenvalue weighted by Crippen LogP contribution is 2.23. The minimum Gasteiger partial charge on any atom is -0.333 e. The van der Waals surface area contributed by atoms with E-state index in [2.05, 4.69) is 27.4 Å². The molecular weight excluding hydrogens is 336 g/mol. The van der Waals surface area contributed by atoms with E-state index in [-0.39, 0.29) is 5.91 Å². The predicted molar refractivity (Wildman–Crippen MR) is 106 cm³/mol. The lowest BCUT2D eigenvalue weighted by Crippen LogP contribution is -2.36. The molecule has 0 bridgehead atoms. The van der Waals surface area contributed by atoms with Crippen molar-refractivity contribution in [2.24, 2.45) is 0 Å². The van der Waals surface area contributed by atoms with Crippen molar-refractivity contribution in [1.82, 2.24) is 14.9 Å². The number of amides is 1. The molecule has 0 radical (unpaired) electrons. The average Bonchev–Trinajstić information content (AvgIpc) is 2.70. The van der Waals surface area contributed by atoms with Gasteiger partial charge in [0.05, 0.1) is 0 Å². The highest BCUT2D eigenvalue weighted by molar-refractivity contribution is 5.92. The molecule has 0 fully saturated rings. The van der Waals surface area contributed by atoms with Crippen molar-refractivity contribution in [3.8, 4) is 0 Å². The predicted octanol–water partition coefficient (Wildman–Crippen LogP) is 4.04. The first-order chi connectivity index (χ1) is 13.1. The number of fused-ring (bicyclic) bond motifs is 1. The van der Waals surface area contributed by atoms with Gasteiger partial charge in [0, 0.05) is 25.0 Å². The second-order valence-electron chi connectivity index (χ2n) is 6.90. The third kappa shape index (κ3) is 3.53. The van der Waals surface area contributed by atoms with Gasteiger partial charge in [-0.2, -0.15) is 0 Å². The fraction of sp³-hybridized carbons (Fsp3) is 0.227. The summed E-state index contributed by atoms with van der Waals surface area (Å²) in [5, 5.41) is 3.26. The highest BCUT2D eigenvalue weighted by atomic mass is 16.2. The van der Waals surface area contributed by atoms with Crippen LogP contribution in [0.2, 0.25) is 0 Å². The Morgan fingerprint density at radius 1 is 1.00 bits per heavy atom. The number of anilines is 2. The van der Waals surface area contributed by atoms with Crippen LogP contribution in [0.25, 0.3) is 0 Å². The lowest BCUT2D eigenvalue weighted by Gasteiger charge is -2.28. The summed E-state index contributed by atoms with van der Waals surface area (Å²) >= 11 is 0. The summed E-state index contributed by atoms with van der Waals surface area (Å²) < 4.78 is 0. The van der Waals surface area contributed by atoms with Gasteiger partial charge in [0.15, 0.2) is 0 Å². The molecule has 1 aliphatic heterocycles. The molecule has 4 rings (SSSR count). The molecule has 0 saturated heterocycles. The zero-order chi connectivity index (χ0) is 18.8. The molecule has 136 valence electrons. The summed E-state index contributed by atoms with van der Waals surface area (Å²) in [6.45, 7) is 5.41. The third-order valence-electron chi connectivity index (χ3n) is 5.01. The van der Waals surface area contributed by atoms with E-state index in [1.165, 1.54) is 11.1 Å². The molecule has 2 heterocycles. The molecule has 0 spiro atoms. The van der Waals surface area contributed by atoms with Gasteiger partial charge in [-0.1, -0.05) is 42.5 Å². The smallest absolute Gasteiger partial charge is 0.272 e. The Morgan fingerprint density at radius 3 is 2.52 bits per heavy atom. The number of aryl methyl sites for hydroxylation is 2. The van der Waals surface area contributed by atoms with Crippen molar-refractivity contribution in [2.45, 2.75) is 26.8 Å². The molecule has 3 aromatic rings. The number of hydrogen-bond acceptors (Lipinski definition) is 4. The molecule has 5 heteroatoms. The van der Waals surface area contributed by atoms with Crippen molar-refractivity contribution >= 4 is 17.5 Å². The number of benzene rings is 2. The SMILES string of the molecule is Cc1cccc(C)c1Nc1nccc(C(=O)N2CCc3ccccc3C2)n1. The number of nitrogens with one attached hydrogen (secondary N) is 1. The Balaban J connectivity index is 1.55. The van der Waals surface area contributed by atoms with Crippen molar-refractivity contribution in [2.75, 3.05) is 11.9 Å². The Kier molecular flexibility index (Phi) is 4.59. The Labute approximate surface area is 159 Å². The molecule has 0 unspecified atom stereocenters. The van der Waals surface area contributed by atoms with Crippen molar-refractivity contribution in [3.05, 3.63) is 82.7 Å². The maximum atomic E-state index is 13.0. The lowest BCUT2D eigenvalue weighted by molar-refractivity contribution is 0.0728. The molecular formula is C22H22N4O. The summed E-state index contributed by atoms with van der Waals surface area (Å²) in [5.41, 5.74) is 6.15. The molecule has 1 aromatic heterocycles. The summed E-state index contributed by atoms with van der Waals surface area (Å²) in [5.74, 6) is 0.382. The monoisotopic (exact) mass is 358 g/mol. The van der Waals surface area contributed by atoms with Crippen LogP contribution in [0.15, 0.2) is 54.7 Å². The number of carbonyl (C=O) groups is 1. The van der Waals surface area contributed by atoms with Crippen LogP contribution in [-0.2, 0) is 13.0 Å². The molecule has 27 heavy (non-hydrogen) atoms. The fourth-order valence-corrected chi connectivity index (χ4v) is 3.49. The first-order valence-electron chi connectivity index (χ1n) is 9.14. The summed E-state index contributed by atoms with van der Waals surface area (Å²) in [7, 11) is 0. The van der Waals surface area contributed by atoms with Crippen molar-refractivity contribution < 1.29 is 4.79 Å². The van der Waals surface area contributed by atoms with Crippen LogP contribution in [0, 0.1) is 13.8 Å². The molecule has 2 aromatic carbocycles. The van der Waals surface area contributed by atoms with E-state index in [0.29, 0.717) is 24.7 Å². The van der Waals surface area contributed by atoms with Gasteiger partial charge < -0.3 is 10.2 Å². The molecule has 1 N–H and O–H groups in total. The van der Waals surface area contributed by atoms with Crippen LogP contribution >= 0.6 is 0 Å². The number of carbonyl (C=O) groups excluding carboxylic acids is 1. The van der Waals surface area contributed by atoms with E-state index in [1.807, 2.05) is 49.1 Å². The lowest BCUT2D eigenvalue weighted by atomic mass is 10.00. The normalized spacial score (nSPS) is 13.2. The Bertz CT molecular complexity index is 979. The quantitative estimate of drug-likeness (QED) is 0.768. The van der Waals surface area contributed by atoms with Crippen LogP contribution in [0.4, 0.5) is 11.6 Å². The zero-order valence-corrected chi connectivity index (χ0v) is 15.6. The summed E-state index contributed by atoms with van der Waals surface area (Å²) in [6, 6.07) is 16.1. The maximum Gasteiger partial charge on any atom is 0.272 e. The number of rotatable bonds is 3. The van der Waals surface area contributed by atoms with Crippen LogP contribution in [0.1, 0.15) is 32.7 Å². The number of aromatic nitrogens is 2. The van der Waals surface area contributed by atoms with Gasteiger partial charge >= 0.3 is 0 Å². The van der Waals surface area contributed by atoms with Crippen molar-refractivity contribution in [1.29, 1.82) is 0 Å². The van der Waals surface area contributed by atoms with Gasteiger partial charge in [0.1, 0.15) is 5.69 Å². The largest absolute Gasteiger partial charge is 0.333 e. The van der Waals surface area contributed by atoms with Crippen LogP contribution in [-0.4, -0.2) is 27.3 Å². The minimum absolute atomic E-state index is 0.0588. The van der Waals surface area contributed by atoms with Gasteiger partial charge in [0.25, 0.3) is 5.91 Å². The topological polar surface area (TPSA) is 58.1 Å². The first kappa shape index (κ1) is 17.2. The van der Waals surface area contributed by atoms with E-state index in [4.69, 9.17) is 0 Å².